The van der Waals surface area contributed by atoms with Crippen molar-refractivity contribution in [1.82, 2.24) is 9.71 Å². The van der Waals surface area contributed by atoms with Crippen molar-refractivity contribution in [2.75, 3.05) is 6.61 Å². The number of aromatic nitrogens is 1. The highest BCUT2D eigenvalue weighted by atomic mass is 32.2. The SMILES string of the molecule is O=[N+]([O-])c1ccccc1S(=O)(=O)NCc1cccnc1OCC(F)(F)F. The number of halogens is 3. The second-order valence-corrected chi connectivity index (χ2v) is 6.66. The summed E-state index contributed by atoms with van der Waals surface area (Å²) in [6.07, 6.45) is -3.40. The standard InChI is InChI=1S/C14H12F3N3O5S/c15-14(16,17)9-25-13-10(4-3-7-18-13)8-19-26(23,24)12-6-2-1-5-11(12)20(21)22/h1-7,19H,8-9H2. The summed E-state index contributed by atoms with van der Waals surface area (Å²) in [5, 5.41) is 11.0. The van der Waals surface area contributed by atoms with Crippen molar-refractivity contribution in [3.63, 3.8) is 0 Å². The lowest BCUT2D eigenvalue weighted by Crippen LogP contribution is -2.25. The Balaban J connectivity index is 2.20. The van der Waals surface area contributed by atoms with Gasteiger partial charge in [0.05, 0.1) is 4.92 Å². The van der Waals surface area contributed by atoms with Crippen LogP contribution in [-0.4, -0.2) is 31.1 Å². The maximum Gasteiger partial charge on any atom is 0.422 e. The highest BCUT2D eigenvalue weighted by molar-refractivity contribution is 7.89. The van der Waals surface area contributed by atoms with Crippen LogP contribution in [0.3, 0.4) is 0 Å². The monoisotopic (exact) mass is 391 g/mol. The fraction of sp³-hybridized carbons (Fsp3) is 0.214. The molecule has 140 valence electrons. The topological polar surface area (TPSA) is 111 Å². The first-order chi connectivity index (χ1) is 12.1. The fourth-order valence-corrected chi connectivity index (χ4v) is 3.10. The molecule has 1 N–H and O–H groups in total. The van der Waals surface area contributed by atoms with Crippen molar-refractivity contribution in [1.29, 1.82) is 0 Å². The molecule has 0 atom stereocenters. The van der Waals surface area contributed by atoms with Gasteiger partial charge >= 0.3 is 6.18 Å². The number of nitrogens with one attached hydrogen (secondary N) is 1. The third-order valence-electron chi connectivity index (χ3n) is 3.03. The van der Waals surface area contributed by atoms with Crippen LogP contribution in [0.5, 0.6) is 5.88 Å². The molecule has 0 amide bonds. The molecule has 1 aromatic carbocycles. The van der Waals surface area contributed by atoms with E-state index in [0.29, 0.717) is 0 Å². The van der Waals surface area contributed by atoms with E-state index in [9.17, 15) is 31.7 Å². The Kier molecular flexibility index (Phi) is 5.77. The number of rotatable bonds is 7. The zero-order valence-corrected chi connectivity index (χ0v) is 13.7. The molecule has 0 aliphatic heterocycles. The molecule has 0 saturated heterocycles. The van der Waals surface area contributed by atoms with E-state index in [-0.39, 0.29) is 5.56 Å². The minimum atomic E-state index is -4.58. The lowest BCUT2D eigenvalue weighted by atomic mass is 10.3. The molecule has 0 aliphatic rings. The second-order valence-electron chi connectivity index (χ2n) is 4.92. The Hall–Kier alpha value is -2.73. The summed E-state index contributed by atoms with van der Waals surface area (Å²) in [5.74, 6) is -0.393. The molecule has 1 aromatic heterocycles. The molecule has 0 spiro atoms. The van der Waals surface area contributed by atoms with Crippen molar-refractivity contribution >= 4 is 15.7 Å². The van der Waals surface area contributed by atoms with Crippen molar-refractivity contribution in [2.45, 2.75) is 17.6 Å². The van der Waals surface area contributed by atoms with Gasteiger partial charge in [-0.2, -0.15) is 13.2 Å². The second kappa shape index (κ2) is 7.66. The zero-order chi connectivity index (χ0) is 19.4. The summed E-state index contributed by atoms with van der Waals surface area (Å²) in [7, 11) is -4.29. The van der Waals surface area contributed by atoms with Gasteiger partial charge in [-0.05, 0) is 12.1 Å². The first-order valence-electron chi connectivity index (χ1n) is 6.97. The van der Waals surface area contributed by atoms with E-state index in [2.05, 4.69) is 14.4 Å². The molecule has 8 nitrogen and oxygen atoms in total. The smallest absolute Gasteiger partial charge is 0.422 e. The van der Waals surface area contributed by atoms with E-state index < -0.39 is 50.7 Å². The fourth-order valence-electron chi connectivity index (χ4n) is 1.92. The van der Waals surface area contributed by atoms with Gasteiger partial charge in [0.15, 0.2) is 11.5 Å². The first kappa shape index (κ1) is 19.6. The van der Waals surface area contributed by atoms with Crippen LogP contribution >= 0.6 is 0 Å². The molecule has 0 bridgehead atoms. The lowest BCUT2D eigenvalue weighted by molar-refractivity contribution is -0.387. The minimum Gasteiger partial charge on any atom is -0.468 e. The lowest BCUT2D eigenvalue weighted by Gasteiger charge is -2.12. The number of nitro groups is 1. The van der Waals surface area contributed by atoms with Crippen LogP contribution in [-0.2, 0) is 16.6 Å². The molecule has 0 unspecified atom stereocenters. The van der Waals surface area contributed by atoms with Crippen LogP contribution in [0.25, 0.3) is 0 Å². The van der Waals surface area contributed by atoms with Crippen molar-refractivity contribution in [3.05, 3.63) is 58.3 Å². The van der Waals surface area contributed by atoms with Gasteiger partial charge in [-0.1, -0.05) is 18.2 Å². The first-order valence-corrected chi connectivity index (χ1v) is 8.45. The molecule has 26 heavy (non-hydrogen) atoms. The van der Waals surface area contributed by atoms with Gasteiger partial charge in [0.25, 0.3) is 5.69 Å². The van der Waals surface area contributed by atoms with Crippen LogP contribution in [0.2, 0.25) is 0 Å². The van der Waals surface area contributed by atoms with E-state index in [1.54, 1.807) is 0 Å². The maximum absolute atomic E-state index is 12.3. The molecule has 2 rings (SSSR count). The Morgan fingerprint density at radius 1 is 1.19 bits per heavy atom. The quantitative estimate of drug-likeness (QED) is 0.573. The molecule has 0 radical (unpaired) electrons. The summed E-state index contributed by atoms with van der Waals surface area (Å²) in [6.45, 7) is -2.05. The highest BCUT2D eigenvalue weighted by Crippen LogP contribution is 2.24. The molecule has 2 aromatic rings. The number of nitro benzene ring substituents is 1. The van der Waals surface area contributed by atoms with Crippen molar-refractivity contribution in [2.24, 2.45) is 0 Å². The van der Waals surface area contributed by atoms with Crippen LogP contribution in [0.1, 0.15) is 5.56 Å². The highest BCUT2D eigenvalue weighted by Gasteiger charge is 2.29. The van der Waals surface area contributed by atoms with E-state index in [1.807, 2.05) is 0 Å². The predicted molar refractivity (Wildman–Crippen MR) is 82.9 cm³/mol. The van der Waals surface area contributed by atoms with E-state index in [1.165, 1.54) is 30.5 Å². The molecular formula is C14H12F3N3O5S. The average molecular weight is 391 g/mol. The number of hydrogen-bond donors (Lipinski definition) is 1. The van der Waals surface area contributed by atoms with E-state index >= 15 is 0 Å². The number of hydrogen-bond acceptors (Lipinski definition) is 6. The Morgan fingerprint density at radius 2 is 1.88 bits per heavy atom. The third-order valence-corrected chi connectivity index (χ3v) is 4.48. The Labute approximate surface area is 145 Å². The molecule has 0 fully saturated rings. The number of alkyl halides is 3. The molecule has 1 heterocycles. The van der Waals surface area contributed by atoms with E-state index in [4.69, 9.17) is 0 Å². The third kappa shape index (κ3) is 5.13. The largest absolute Gasteiger partial charge is 0.468 e. The maximum atomic E-state index is 12.3. The summed E-state index contributed by atoms with van der Waals surface area (Å²) < 4.78 is 68.0. The van der Waals surface area contributed by atoms with Crippen LogP contribution in [0.15, 0.2) is 47.5 Å². The number of ether oxygens (including phenoxy) is 1. The summed E-state index contributed by atoms with van der Waals surface area (Å²) in [5.41, 5.74) is -0.585. The van der Waals surface area contributed by atoms with E-state index in [0.717, 1.165) is 12.1 Å². The van der Waals surface area contributed by atoms with Gasteiger partial charge in [0.1, 0.15) is 0 Å². The normalized spacial score (nSPS) is 12.0. The summed E-state index contributed by atoms with van der Waals surface area (Å²) >= 11 is 0. The van der Waals surface area contributed by atoms with Crippen LogP contribution in [0, 0.1) is 10.1 Å². The zero-order valence-electron chi connectivity index (χ0n) is 12.9. The van der Waals surface area contributed by atoms with Gasteiger partial charge in [0, 0.05) is 24.4 Å². The van der Waals surface area contributed by atoms with Gasteiger partial charge in [0.2, 0.25) is 15.9 Å². The number of para-hydroxylation sites is 1. The average Bonchev–Trinajstić information content (AvgIpc) is 2.58. The summed E-state index contributed by atoms with van der Waals surface area (Å²) in [4.78, 5) is 13.2. The number of nitrogens with zero attached hydrogens (tertiary/aromatic N) is 2. The van der Waals surface area contributed by atoms with Crippen LogP contribution in [0.4, 0.5) is 18.9 Å². The Bertz CT molecular complexity index is 903. The summed E-state index contributed by atoms with van der Waals surface area (Å²) in [6, 6.07) is 7.39. The van der Waals surface area contributed by atoms with Gasteiger partial charge in [-0.15, -0.1) is 0 Å². The van der Waals surface area contributed by atoms with Gasteiger partial charge in [-0.3, -0.25) is 10.1 Å². The number of pyridine rings is 1. The predicted octanol–water partition coefficient (Wildman–Crippen LogP) is 2.41. The molecule has 12 heteroatoms. The number of sulfonamides is 1. The molecule has 0 saturated carbocycles. The molecular weight excluding hydrogens is 379 g/mol. The minimum absolute atomic E-state index is 0.0407. The molecule has 0 aliphatic carbocycles. The number of benzene rings is 1. The van der Waals surface area contributed by atoms with Crippen molar-refractivity contribution in [3.8, 4) is 5.88 Å². The Morgan fingerprint density at radius 3 is 2.54 bits per heavy atom. The van der Waals surface area contributed by atoms with Crippen molar-refractivity contribution < 1.29 is 31.2 Å². The van der Waals surface area contributed by atoms with Gasteiger partial charge < -0.3 is 4.74 Å². The van der Waals surface area contributed by atoms with Gasteiger partial charge in [-0.25, -0.2) is 18.1 Å². The van der Waals surface area contributed by atoms with Crippen LogP contribution < -0.4 is 9.46 Å².